The van der Waals surface area contributed by atoms with Crippen LogP contribution >= 0.6 is 0 Å². The van der Waals surface area contributed by atoms with Gasteiger partial charge in [0.1, 0.15) is 24.2 Å². The Morgan fingerprint density at radius 3 is 2.35 bits per heavy atom. The van der Waals surface area contributed by atoms with Crippen molar-refractivity contribution in [3.05, 3.63) is 42.0 Å². The van der Waals surface area contributed by atoms with E-state index in [1.165, 1.54) is 12.0 Å². The molecule has 0 radical (unpaired) electrons. The van der Waals surface area contributed by atoms with Gasteiger partial charge in [0.2, 0.25) is 17.7 Å². The topological polar surface area (TPSA) is 157 Å². The van der Waals surface area contributed by atoms with Gasteiger partial charge >= 0.3 is 12.1 Å². The number of ether oxygens (including phenoxy) is 2. The minimum absolute atomic E-state index is 0.420. The molecule has 0 spiro atoms. The number of hydrogen-bond acceptors (Lipinski definition) is 7. The molecule has 4 amide bonds. The quantitative estimate of drug-likeness (QED) is 0.357. The van der Waals surface area contributed by atoms with Crippen molar-refractivity contribution in [1.29, 1.82) is 0 Å². The van der Waals surface area contributed by atoms with Crippen molar-refractivity contribution in [2.45, 2.75) is 71.2 Å². The van der Waals surface area contributed by atoms with Crippen molar-refractivity contribution in [2.75, 3.05) is 13.7 Å². The van der Waals surface area contributed by atoms with Gasteiger partial charge in [-0.25, -0.2) is 4.79 Å². The highest BCUT2D eigenvalue weighted by Gasteiger charge is 2.39. The number of esters is 1. The average Bonchev–Trinajstić information content (AvgIpc) is 2.82. The molecule has 11 heteroatoms. The first-order chi connectivity index (χ1) is 17.2. The van der Waals surface area contributed by atoms with Gasteiger partial charge in [0, 0.05) is 6.04 Å². The molecular formula is C26H38N4O7. The average molecular weight is 519 g/mol. The summed E-state index contributed by atoms with van der Waals surface area (Å²) < 4.78 is 9.86. The molecule has 1 rings (SSSR count). The van der Waals surface area contributed by atoms with Gasteiger partial charge in [0.05, 0.1) is 13.5 Å². The van der Waals surface area contributed by atoms with E-state index >= 15 is 0 Å². The first-order valence-electron chi connectivity index (χ1n) is 11.9. The molecule has 11 nitrogen and oxygen atoms in total. The second-order valence-electron chi connectivity index (χ2n) is 9.44. The first-order valence-corrected chi connectivity index (χ1v) is 11.9. The Balaban J connectivity index is 3.58. The third-order valence-corrected chi connectivity index (χ3v) is 5.34. The number of nitrogens with zero attached hydrogens (tertiary/aromatic N) is 1. The summed E-state index contributed by atoms with van der Waals surface area (Å²) >= 11 is 0. The SMILES string of the molecule is C=Cc1cccc(C(C(=O)NCC(=O)OC)N(C(=O)C(CC(N)=O)NC(=O)OC(C)(C)C)C(C)CC)c1. The molecule has 0 aliphatic rings. The maximum atomic E-state index is 13.9. The van der Waals surface area contributed by atoms with E-state index in [1.807, 2.05) is 6.92 Å². The third kappa shape index (κ3) is 9.94. The molecule has 4 N–H and O–H groups in total. The van der Waals surface area contributed by atoms with Gasteiger partial charge in [0.15, 0.2) is 0 Å². The number of carbonyl (C=O) groups excluding carboxylic acids is 5. The minimum Gasteiger partial charge on any atom is -0.468 e. The van der Waals surface area contributed by atoms with Crippen LogP contribution in [0.15, 0.2) is 30.8 Å². The predicted molar refractivity (Wildman–Crippen MR) is 138 cm³/mol. The number of nitrogens with two attached hydrogens (primary N) is 1. The number of rotatable bonds is 12. The van der Waals surface area contributed by atoms with E-state index in [4.69, 9.17) is 10.5 Å². The van der Waals surface area contributed by atoms with Gasteiger partial charge < -0.3 is 30.7 Å². The lowest BCUT2D eigenvalue weighted by Crippen LogP contribution is -2.56. The lowest BCUT2D eigenvalue weighted by Gasteiger charge is -2.38. The van der Waals surface area contributed by atoms with Crippen molar-refractivity contribution in [3.8, 4) is 0 Å². The zero-order valence-corrected chi connectivity index (χ0v) is 22.3. The third-order valence-electron chi connectivity index (χ3n) is 5.34. The fraction of sp³-hybridized carbons (Fsp3) is 0.500. The predicted octanol–water partition coefficient (Wildman–Crippen LogP) is 2.06. The van der Waals surface area contributed by atoms with E-state index in [0.29, 0.717) is 17.5 Å². The molecule has 204 valence electrons. The molecule has 0 aliphatic carbocycles. The van der Waals surface area contributed by atoms with Gasteiger partial charge in [0.25, 0.3) is 0 Å². The highest BCUT2D eigenvalue weighted by atomic mass is 16.6. The normalized spacial score (nSPS) is 13.4. The van der Waals surface area contributed by atoms with Crippen molar-refractivity contribution in [2.24, 2.45) is 5.73 Å². The maximum Gasteiger partial charge on any atom is 0.408 e. The van der Waals surface area contributed by atoms with Gasteiger partial charge in [-0.05, 0) is 51.3 Å². The van der Waals surface area contributed by atoms with Crippen LogP contribution in [0, 0.1) is 0 Å². The fourth-order valence-electron chi connectivity index (χ4n) is 3.45. The molecule has 0 aliphatic heterocycles. The summed E-state index contributed by atoms with van der Waals surface area (Å²) in [5.41, 5.74) is 5.65. The molecule has 3 atom stereocenters. The summed E-state index contributed by atoms with van der Waals surface area (Å²) in [6.07, 6.45) is 0.580. The van der Waals surface area contributed by atoms with Crippen LogP contribution < -0.4 is 16.4 Å². The highest BCUT2D eigenvalue weighted by molar-refractivity contribution is 5.95. The van der Waals surface area contributed by atoms with Crippen LogP contribution in [0.2, 0.25) is 0 Å². The zero-order chi connectivity index (χ0) is 28.3. The van der Waals surface area contributed by atoms with Crippen LogP contribution in [-0.2, 0) is 28.7 Å². The zero-order valence-electron chi connectivity index (χ0n) is 22.3. The van der Waals surface area contributed by atoms with Crippen molar-refractivity contribution >= 4 is 35.9 Å². The summed E-state index contributed by atoms with van der Waals surface area (Å²) in [6.45, 7) is 11.8. The Kier molecular flexibility index (Phi) is 11.8. The van der Waals surface area contributed by atoms with E-state index in [1.54, 1.807) is 58.0 Å². The van der Waals surface area contributed by atoms with Gasteiger partial charge in [-0.1, -0.05) is 37.8 Å². The molecule has 3 unspecified atom stereocenters. The molecule has 0 heterocycles. The van der Waals surface area contributed by atoms with Crippen LogP contribution in [0.1, 0.15) is 64.6 Å². The Bertz CT molecular complexity index is 1000. The maximum absolute atomic E-state index is 13.9. The molecular weight excluding hydrogens is 480 g/mol. The molecule has 0 saturated heterocycles. The van der Waals surface area contributed by atoms with Crippen LogP contribution in [0.4, 0.5) is 4.79 Å². The summed E-state index contributed by atoms with van der Waals surface area (Å²) in [6, 6.07) is 3.67. The lowest BCUT2D eigenvalue weighted by atomic mass is 9.97. The first kappa shape index (κ1) is 31.1. The number of benzene rings is 1. The Hall–Kier alpha value is -3.89. The lowest BCUT2D eigenvalue weighted by molar-refractivity contribution is -0.147. The van der Waals surface area contributed by atoms with E-state index in [0.717, 1.165) is 0 Å². The Labute approximate surface area is 217 Å². The summed E-state index contributed by atoms with van der Waals surface area (Å²) in [7, 11) is 1.19. The Morgan fingerprint density at radius 1 is 1.19 bits per heavy atom. The fourth-order valence-corrected chi connectivity index (χ4v) is 3.45. The minimum atomic E-state index is -1.40. The molecule has 0 saturated carbocycles. The molecule has 0 aromatic heterocycles. The number of hydrogen-bond donors (Lipinski definition) is 3. The number of alkyl carbamates (subject to hydrolysis) is 1. The van der Waals surface area contributed by atoms with Crippen molar-refractivity contribution in [3.63, 3.8) is 0 Å². The highest BCUT2D eigenvalue weighted by Crippen LogP contribution is 2.27. The van der Waals surface area contributed by atoms with Crippen molar-refractivity contribution in [1.82, 2.24) is 15.5 Å². The van der Waals surface area contributed by atoms with E-state index in [9.17, 15) is 24.0 Å². The molecule has 37 heavy (non-hydrogen) atoms. The number of carbonyl (C=O) groups is 5. The van der Waals surface area contributed by atoms with E-state index < -0.39 is 66.5 Å². The van der Waals surface area contributed by atoms with E-state index in [-0.39, 0.29) is 0 Å². The van der Waals surface area contributed by atoms with Crippen LogP contribution in [0.25, 0.3) is 6.08 Å². The monoisotopic (exact) mass is 518 g/mol. The second kappa shape index (κ2) is 14.0. The molecule has 1 aromatic rings. The largest absolute Gasteiger partial charge is 0.468 e. The molecule has 0 bridgehead atoms. The number of nitrogens with one attached hydrogen (secondary N) is 2. The Morgan fingerprint density at radius 2 is 1.84 bits per heavy atom. The van der Waals surface area contributed by atoms with E-state index in [2.05, 4.69) is 21.9 Å². The van der Waals surface area contributed by atoms with Gasteiger partial charge in [-0.15, -0.1) is 0 Å². The molecule has 1 aromatic carbocycles. The standard InChI is InChI=1S/C26H38N4O7/c1-8-16(3)30(24(34)19(14-20(27)31)29-25(35)37-26(4,5)6)22(23(33)28-15-21(32)36-7)18-12-10-11-17(9-2)13-18/h9-13,16,19,22H,2,8,14-15H2,1,3-7H3,(H2,27,31)(H,28,33)(H,29,35). The second-order valence-corrected chi connectivity index (χ2v) is 9.44. The number of primary amides is 1. The summed E-state index contributed by atoms with van der Waals surface area (Å²) in [5, 5.41) is 4.91. The molecule has 0 fully saturated rings. The summed E-state index contributed by atoms with van der Waals surface area (Å²) in [4.78, 5) is 64.6. The number of amides is 4. The van der Waals surface area contributed by atoms with Crippen LogP contribution in [0.3, 0.4) is 0 Å². The van der Waals surface area contributed by atoms with Crippen molar-refractivity contribution < 1.29 is 33.4 Å². The summed E-state index contributed by atoms with van der Waals surface area (Å²) in [5.74, 6) is -2.89. The number of methoxy groups -OCH3 is 1. The smallest absolute Gasteiger partial charge is 0.408 e. The van der Waals surface area contributed by atoms with Crippen LogP contribution in [0.5, 0.6) is 0 Å². The van der Waals surface area contributed by atoms with Crippen LogP contribution in [-0.4, -0.2) is 66.0 Å². The van der Waals surface area contributed by atoms with Gasteiger partial charge in [-0.3, -0.25) is 19.2 Å². The van der Waals surface area contributed by atoms with Gasteiger partial charge in [-0.2, -0.15) is 0 Å².